The monoisotopic (exact) mass is 260 g/mol. The van der Waals surface area contributed by atoms with E-state index in [2.05, 4.69) is 62.2 Å². The summed E-state index contributed by atoms with van der Waals surface area (Å²) in [7, 11) is 0. The number of hydrogen-bond acceptors (Lipinski definition) is 2. The molecule has 1 N–H and O–H groups in total. The Morgan fingerprint density at radius 3 is 2.32 bits per heavy atom. The van der Waals surface area contributed by atoms with Crippen molar-refractivity contribution in [1.82, 2.24) is 10.2 Å². The predicted octanol–water partition coefficient (Wildman–Crippen LogP) is 3.56. The number of likely N-dealkylation sites (tertiary alicyclic amines) is 1. The Bertz CT molecular complexity index is 389. The highest BCUT2D eigenvalue weighted by Crippen LogP contribution is 2.19. The van der Waals surface area contributed by atoms with Gasteiger partial charge in [-0.25, -0.2) is 0 Å². The van der Waals surface area contributed by atoms with Gasteiger partial charge >= 0.3 is 0 Å². The van der Waals surface area contributed by atoms with Crippen LogP contribution in [0.1, 0.15) is 51.7 Å². The summed E-state index contributed by atoms with van der Waals surface area (Å²) < 4.78 is 0. The van der Waals surface area contributed by atoms with Crippen LogP contribution in [0.15, 0.2) is 24.3 Å². The van der Waals surface area contributed by atoms with Crippen molar-refractivity contribution in [2.45, 2.75) is 65.2 Å². The van der Waals surface area contributed by atoms with Crippen molar-refractivity contribution < 1.29 is 0 Å². The molecular formula is C17H28N2. The van der Waals surface area contributed by atoms with Crippen molar-refractivity contribution in [3.8, 4) is 0 Å². The molecule has 1 heterocycles. The van der Waals surface area contributed by atoms with Crippen molar-refractivity contribution in [3.63, 3.8) is 0 Å². The van der Waals surface area contributed by atoms with E-state index in [0.29, 0.717) is 0 Å². The Morgan fingerprint density at radius 1 is 1.16 bits per heavy atom. The molecule has 1 aliphatic rings. The molecule has 0 aliphatic carbocycles. The summed E-state index contributed by atoms with van der Waals surface area (Å²) >= 11 is 0. The molecule has 1 fully saturated rings. The molecule has 106 valence electrons. The zero-order valence-electron chi connectivity index (χ0n) is 12.9. The highest BCUT2D eigenvalue weighted by Gasteiger charge is 2.19. The molecular weight excluding hydrogens is 232 g/mol. The normalized spacial score (nSPS) is 20.9. The second-order valence-electron chi connectivity index (χ2n) is 6.88. The van der Waals surface area contributed by atoms with Crippen molar-refractivity contribution in [2.24, 2.45) is 0 Å². The predicted molar refractivity (Wildman–Crippen MR) is 82.1 cm³/mol. The fraction of sp³-hybridized carbons (Fsp3) is 0.647. The van der Waals surface area contributed by atoms with Crippen molar-refractivity contribution in [1.29, 1.82) is 0 Å². The van der Waals surface area contributed by atoms with Crippen LogP contribution in [0.4, 0.5) is 0 Å². The van der Waals surface area contributed by atoms with Crippen LogP contribution in [-0.2, 0) is 13.1 Å². The highest BCUT2D eigenvalue weighted by atomic mass is 15.2. The van der Waals surface area contributed by atoms with Crippen LogP contribution in [0.3, 0.4) is 0 Å². The Hall–Kier alpha value is -0.860. The quantitative estimate of drug-likeness (QED) is 0.890. The maximum absolute atomic E-state index is 3.53. The Kier molecular flexibility index (Phi) is 4.64. The molecule has 19 heavy (non-hydrogen) atoms. The lowest BCUT2D eigenvalue weighted by atomic mass is 10.1. The third kappa shape index (κ3) is 4.63. The Morgan fingerprint density at radius 2 is 1.79 bits per heavy atom. The van der Waals surface area contributed by atoms with Crippen LogP contribution in [0.25, 0.3) is 0 Å². The second-order valence-corrected chi connectivity index (χ2v) is 6.88. The first-order valence-electron chi connectivity index (χ1n) is 7.51. The van der Waals surface area contributed by atoms with Gasteiger partial charge in [-0.15, -0.1) is 0 Å². The van der Waals surface area contributed by atoms with E-state index in [9.17, 15) is 0 Å². The average Bonchev–Trinajstić information content (AvgIpc) is 2.73. The minimum Gasteiger partial charge on any atom is -0.308 e. The maximum Gasteiger partial charge on any atom is 0.0236 e. The first kappa shape index (κ1) is 14.5. The van der Waals surface area contributed by atoms with E-state index in [-0.39, 0.29) is 5.54 Å². The summed E-state index contributed by atoms with van der Waals surface area (Å²) in [6.45, 7) is 12.3. The van der Waals surface area contributed by atoms with Crippen molar-refractivity contribution in [3.05, 3.63) is 35.4 Å². The SMILES string of the molecule is CC1CCCN1Cc1ccc(CNC(C)(C)C)cc1. The summed E-state index contributed by atoms with van der Waals surface area (Å²) in [5, 5.41) is 3.53. The summed E-state index contributed by atoms with van der Waals surface area (Å²) in [5.74, 6) is 0. The van der Waals surface area contributed by atoms with E-state index in [0.717, 1.165) is 19.1 Å². The molecule has 0 spiro atoms. The summed E-state index contributed by atoms with van der Waals surface area (Å²) in [6.07, 6.45) is 2.71. The van der Waals surface area contributed by atoms with E-state index in [1.165, 1.54) is 30.5 Å². The first-order valence-corrected chi connectivity index (χ1v) is 7.51. The lowest BCUT2D eigenvalue weighted by Gasteiger charge is -2.22. The van der Waals surface area contributed by atoms with Gasteiger partial charge in [-0.1, -0.05) is 24.3 Å². The minimum atomic E-state index is 0.184. The van der Waals surface area contributed by atoms with E-state index in [4.69, 9.17) is 0 Å². The molecule has 2 nitrogen and oxygen atoms in total. The van der Waals surface area contributed by atoms with Gasteiger partial charge in [0, 0.05) is 24.7 Å². The largest absolute Gasteiger partial charge is 0.308 e. The first-order chi connectivity index (χ1) is 8.94. The van der Waals surface area contributed by atoms with Crippen LogP contribution in [-0.4, -0.2) is 23.0 Å². The van der Waals surface area contributed by atoms with Gasteiger partial charge in [0.1, 0.15) is 0 Å². The molecule has 2 heteroatoms. The lowest BCUT2D eigenvalue weighted by molar-refractivity contribution is 0.260. The van der Waals surface area contributed by atoms with E-state index in [1.807, 2.05) is 0 Å². The molecule has 1 aromatic carbocycles. The fourth-order valence-corrected chi connectivity index (χ4v) is 2.59. The van der Waals surface area contributed by atoms with Crippen LogP contribution < -0.4 is 5.32 Å². The van der Waals surface area contributed by atoms with Gasteiger partial charge < -0.3 is 5.32 Å². The molecule has 2 rings (SSSR count). The summed E-state index contributed by atoms with van der Waals surface area (Å²) in [4.78, 5) is 2.59. The molecule has 1 unspecified atom stereocenters. The number of nitrogens with one attached hydrogen (secondary N) is 1. The van der Waals surface area contributed by atoms with Crippen LogP contribution in [0.5, 0.6) is 0 Å². The molecule has 1 atom stereocenters. The van der Waals surface area contributed by atoms with E-state index >= 15 is 0 Å². The van der Waals surface area contributed by atoms with Gasteiger partial charge in [0.2, 0.25) is 0 Å². The molecule has 0 radical (unpaired) electrons. The minimum absolute atomic E-state index is 0.184. The summed E-state index contributed by atoms with van der Waals surface area (Å²) in [5.41, 5.74) is 2.99. The molecule has 0 amide bonds. The standard InChI is InChI=1S/C17H28N2/c1-14-6-5-11-19(14)13-16-9-7-15(8-10-16)12-18-17(2,3)4/h7-10,14,18H,5-6,11-13H2,1-4H3. The molecule has 0 bridgehead atoms. The fourth-order valence-electron chi connectivity index (χ4n) is 2.59. The number of hydrogen-bond donors (Lipinski definition) is 1. The van der Waals surface area contributed by atoms with Gasteiger partial charge in [0.25, 0.3) is 0 Å². The van der Waals surface area contributed by atoms with Crippen LogP contribution in [0, 0.1) is 0 Å². The smallest absolute Gasteiger partial charge is 0.0236 e. The van der Waals surface area contributed by atoms with Crippen molar-refractivity contribution >= 4 is 0 Å². The van der Waals surface area contributed by atoms with E-state index < -0.39 is 0 Å². The molecule has 1 saturated heterocycles. The third-order valence-corrected chi connectivity index (χ3v) is 3.92. The Labute approximate surface area is 118 Å². The Balaban J connectivity index is 1.87. The van der Waals surface area contributed by atoms with Crippen LogP contribution in [0.2, 0.25) is 0 Å². The average molecular weight is 260 g/mol. The van der Waals surface area contributed by atoms with Crippen molar-refractivity contribution in [2.75, 3.05) is 6.54 Å². The lowest BCUT2D eigenvalue weighted by Crippen LogP contribution is -2.35. The van der Waals surface area contributed by atoms with Gasteiger partial charge in [-0.2, -0.15) is 0 Å². The molecule has 1 aromatic rings. The van der Waals surface area contributed by atoms with Crippen LogP contribution >= 0.6 is 0 Å². The topological polar surface area (TPSA) is 15.3 Å². The van der Waals surface area contributed by atoms with Gasteiger partial charge in [-0.3, -0.25) is 4.90 Å². The van der Waals surface area contributed by atoms with Gasteiger partial charge in [0.15, 0.2) is 0 Å². The zero-order chi connectivity index (χ0) is 13.9. The number of nitrogens with zero attached hydrogens (tertiary/aromatic N) is 1. The molecule has 1 aliphatic heterocycles. The number of benzene rings is 1. The summed E-state index contributed by atoms with van der Waals surface area (Å²) in [6, 6.07) is 9.83. The van der Waals surface area contributed by atoms with Gasteiger partial charge in [0.05, 0.1) is 0 Å². The third-order valence-electron chi connectivity index (χ3n) is 3.92. The molecule has 0 saturated carbocycles. The molecule has 0 aromatic heterocycles. The second kappa shape index (κ2) is 6.06. The van der Waals surface area contributed by atoms with E-state index in [1.54, 1.807) is 0 Å². The van der Waals surface area contributed by atoms with Gasteiger partial charge in [-0.05, 0) is 58.2 Å². The number of rotatable bonds is 4. The maximum atomic E-state index is 3.53. The zero-order valence-corrected chi connectivity index (χ0v) is 12.9. The highest BCUT2D eigenvalue weighted by molar-refractivity contribution is 5.22.